The number of anilines is 1. The van der Waals surface area contributed by atoms with Gasteiger partial charge in [-0.05, 0) is 22.0 Å². The molecule has 0 aromatic heterocycles. The van der Waals surface area contributed by atoms with Gasteiger partial charge in [-0.25, -0.2) is 0 Å². The van der Waals surface area contributed by atoms with Gasteiger partial charge in [0, 0.05) is 36.4 Å². The van der Waals surface area contributed by atoms with Crippen LogP contribution in [0.5, 0.6) is 5.75 Å². The first-order valence-electron chi connectivity index (χ1n) is 3.57. The number of nitrogens with zero attached hydrogens (tertiary/aromatic N) is 1. The zero-order valence-corrected chi connectivity index (χ0v) is 8.97. The fourth-order valence-electron chi connectivity index (χ4n) is 0.864. The second-order valence-electron chi connectivity index (χ2n) is 2.65. The molecule has 0 N–H and O–H groups in total. The van der Waals surface area contributed by atoms with E-state index >= 15 is 0 Å². The minimum Gasteiger partial charge on any atom is -0.496 e. The minimum absolute atomic E-state index is 0.744. The normalized spacial score (nSPS) is 9.67. The largest absolute Gasteiger partial charge is 0.496 e. The Hall–Kier alpha value is -0.700. The van der Waals surface area contributed by atoms with Crippen molar-refractivity contribution in [3.05, 3.63) is 22.7 Å². The summed E-state index contributed by atoms with van der Waals surface area (Å²) in [6, 6.07) is 6.94. The van der Waals surface area contributed by atoms with Crippen LogP contribution < -0.4 is 9.64 Å². The molecule has 1 radical (unpaired) electrons. The van der Waals surface area contributed by atoms with Gasteiger partial charge in [0.05, 0.1) is 7.11 Å². The van der Waals surface area contributed by atoms with Crippen molar-refractivity contribution < 1.29 is 4.74 Å². The Balaban J connectivity index is 3.06. The SMILES string of the molecule is COc1[c]c(Br)cc(N(C)C)c1. The van der Waals surface area contributed by atoms with Crippen LogP contribution in [0, 0.1) is 6.07 Å². The molecule has 0 atom stereocenters. The van der Waals surface area contributed by atoms with E-state index < -0.39 is 0 Å². The molecule has 65 valence electrons. The van der Waals surface area contributed by atoms with Gasteiger partial charge in [-0.1, -0.05) is 0 Å². The van der Waals surface area contributed by atoms with E-state index in [2.05, 4.69) is 22.0 Å². The maximum atomic E-state index is 5.07. The molecule has 1 rings (SSSR count). The molecule has 0 bridgehead atoms. The highest BCUT2D eigenvalue weighted by molar-refractivity contribution is 9.10. The van der Waals surface area contributed by atoms with Gasteiger partial charge in [0.25, 0.3) is 0 Å². The van der Waals surface area contributed by atoms with Crippen LogP contribution in [0.2, 0.25) is 0 Å². The average Bonchev–Trinajstić information content (AvgIpc) is 2.03. The molecule has 0 saturated carbocycles. The molecule has 0 aliphatic heterocycles. The fourth-order valence-corrected chi connectivity index (χ4v) is 1.29. The van der Waals surface area contributed by atoms with Gasteiger partial charge in [0.15, 0.2) is 0 Å². The van der Waals surface area contributed by atoms with E-state index in [0.29, 0.717) is 0 Å². The maximum Gasteiger partial charge on any atom is 0.130 e. The smallest absolute Gasteiger partial charge is 0.130 e. The van der Waals surface area contributed by atoms with Crippen molar-refractivity contribution in [2.24, 2.45) is 0 Å². The van der Waals surface area contributed by atoms with Gasteiger partial charge >= 0.3 is 0 Å². The van der Waals surface area contributed by atoms with Crippen molar-refractivity contribution in [1.29, 1.82) is 0 Å². The summed E-state index contributed by atoms with van der Waals surface area (Å²) in [5.41, 5.74) is 1.09. The van der Waals surface area contributed by atoms with Gasteiger partial charge in [-0.3, -0.25) is 0 Å². The van der Waals surface area contributed by atoms with Gasteiger partial charge < -0.3 is 9.64 Å². The van der Waals surface area contributed by atoms with Crippen LogP contribution >= 0.6 is 15.9 Å². The fraction of sp³-hybridized carbons (Fsp3) is 0.333. The van der Waals surface area contributed by atoms with Gasteiger partial charge in [-0.2, -0.15) is 0 Å². The Morgan fingerprint density at radius 3 is 2.58 bits per heavy atom. The van der Waals surface area contributed by atoms with E-state index in [9.17, 15) is 0 Å². The highest BCUT2D eigenvalue weighted by Crippen LogP contribution is 2.24. The lowest BCUT2D eigenvalue weighted by molar-refractivity contribution is 0.413. The molecule has 0 saturated heterocycles. The van der Waals surface area contributed by atoms with E-state index in [4.69, 9.17) is 4.74 Å². The first-order valence-corrected chi connectivity index (χ1v) is 4.37. The predicted octanol–water partition coefficient (Wildman–Crippen LogP) is 2.32. The number of benzene rings is 1. The quantitative estimate of drug-likeness (QED) is 0.771. The highest BCUT2D eigenvalue weighted by Gasteiger charge is 2.00. The van der Waals surface area contributed by atoms with Crippen molar-refractivity contribution in [3.8, 4) is 5.75 Å². The summed E-state index contributed by atoms with van der Waals surface area (Å²) in [5.74, 6) is 0.744. The summed E-state index contributed by atoms with van der Waals surface area (Å²) in [5, 5.41) is 0. The molecule has 2 nitrogen and oxygen atoms in total. The van der Waals surface area contributed by atoms with E-state index in [0.717, 1.165) is 15.9 Å². The van der Waals surface area contributed by atoms with Crippen LogP contribution in [0.15, 0.2) is 16.6 Å². The molecule has 0 unspecified atom stereocenters. The maximum absolute atomic E-state index is 5.07. The second-order valence-corrected chi connectivity index (χ2v) is 3.50. The summed E-state index contributed by atoms with van der Waals surface area (Å²) >= 11 is 3.36. The molecular formula is C9H11BrNO. The molecule has 1 aromatic rings. The first kappa shape index (κ1) is 9.39. The predicted molar refractivity (Wildman–Crippen MR) is 53.9 cm³/mol. The summed E-state index contributed by atoms with van der Waals surface area (Å²) < 4.78 is 5.98. The Morgan fingerprint density at radius 2 is 2.08 bits per heavy atom. The number of hydrogen-bond donors (Lipinski definition) is 0. The summed E-state index contributed by atoms with van der Waals surface area (Å²) in [6.07, 6.45) is 0. The number of rotatable bonds is 2. The van der Waals surface area contributed by atoms with E-state index in [1.165, 1.54) is 0 Å². The van der Waals surface area contributed by atoms with Crippen molar-refractivity contribution in [1.82, 2.24) is 0 Å². The first-order chi connectivity index (χ1) is 5.63. The Labute approximate surface area is 81.3 Å². The van der Waals surface area contributed by atoms with Crippen molar-refractivity contribution >= 4 is 21.6 Å². The summed E-state index contributed by atoms with van der Waals surface area (Å²) in [4.78, 5) is 2.02. The lowest BCUT2D eigenvalue weighted by Gasteiger charge is -2.13. The Morgan fingerprint density at radius 1 is 1.42 bits per heavy atom. The molecule has 3 heteroatoms. The molecule has 1 aromatic carbocycles. The molecular weight excluding hydrogens is 218 g/mol. The lowest BCUT2D eigenvalue weighted by Crippen LogP contribution is -2.08. The highest BCUT2D eigenvalue weighted by atomic mass is 79.9. The number of hydrogen-bond acceptors (Lipinski definition) is 2. The summed E-state index contributed by atoms with van der Waals surface area (Å²) in [6.45, 7) is 0. The van der Waals surface area contributed by atoms with Crippen LogP contribution in [0.25, 0.3) is 0 Å². The van der Waals surface area contributed by atoms with E-state index in [1.54, 1.807) is 7.11 Å². The zero-order chi connectivity index (χ0) is 9.14. The van der Waals surface area contributed by atoms with Gasteiger partial charge in [0.2, 0.25) is 0 Å². The van der Waals surface area contributed by atoms with E-state index in [1.807, 2.05) is 31.1 Å². The van der Waals surface area contributed by atoms with Crippen LogP contribution in [-0.2, 0) is 0 Å². The standard InChI is InChI=1S/C9H11BrNO/c1-11(2)8-4-7(10)5-9(6-8)12-3/h4,6H,1-3H3. The van der Waals surface area contributed by atoms with Crippen LogP contribution in [0.4, 0.5) is 5.69 Å². The Bertz CT molecular complexity index is 273. The minimum atomic E-state index is 0.744. The van der Waals surface area contributed by atoms with Crippen molar-refractivity contribution in [3.63, 3.8) is 0 Å². The summed E-state index contributed by atoms with van der Waals surface area (Å²) in [7, 11) is 5.61. The number of ether oxygens (including phenoxy) is 1. The van der Waals surface area contributed by atoms with Crippen LogP contribution in [-0.4, -0.2) is 21.2 Å². The van der Waals surface area contributed by atoms with Gasteiger partial charge in [-0.15, -0.1) is 0 Å². The topological polar surface area (TPSA) is 12.5 Å². The monoisotopic (exact) mass is 228 g/mol. The third kappa shape index (κ3) is 2.14. The van der Waals surface area contributed by atoms with E-state index in [-0.39, 0.29) is 0 Å². The second kappa shape index (κ2) is 3.81. The molecule has 0 spiro atoms. The van der Waals surface area contributed by atoms with Gasteiger partial charge in [0.1, 0.15) is 5.75 Å². The zero-order valence-electron chi connectivity index (χ0n) is 7.39. The third-order valence-electron chi connectivity index (χ3n) is 1.53. The average molecular weight is 229 g/mol. The van der Waals surface area contributed by atoms with Crippen LogP contribution in [0.1, 0.15) is 0 Å². The number of methoxy groups -OCH3 is 1. The molecule has 0 fully saturated rings. The van der Waals surface area contributed by atoms with Crippen molar-refractivity contribution in [2.45, 2.75) is 0 Å². The molecule has 12 heavy (non-hydrogen) atoms. The Kier molecular flexibility index (Phi) is 2.98. The number of halogens is 1. The molecule has 0 aliphatic rings. The van der Waals surface area contributed by atoms with Crippen LogP contribution in [0.3, 0.4) is 0 Å². The lowest BCUT2D eigenvalue weighted by atomic mass is 10.3. The molecule has 0 aliphatic carbocycles. The third-order valence-corrected chi connectivity index (χ3v) is 1.96. The molecule has 0 amide bonds. The molecule has 0 heterocycles. The van der Waals surface area contributed by atoms with Crippen molar-refractivity contribution in [2.75, 3.05) is 26.1 Å².